The first-order valence-electron chi connectivity index (χ1n) is 7.86. The zero-order valence-electron chi connectivity index (χ0n) is 12.2. The highest BCUT2D eigenvalue weighted by molar-refractivity contribution is 5.07. The van der Waals surface area contributed by atoms with E-state index in [1.165, 1.54) is 57.8 Å². The minimum atomic E-state index is -0.312. The minimum absolute atomic E-state index is 0.286. The molecule has 1 unspecified atom stereocenters. The van der Waals surface area contributed by atoms with Crippen LogP contribution in [0.1, 0.15) is 91.4 Å². The Kier molecular flexibility index (Phi) is 5.99. The molecule has 17 heavy (non-hydrogen) atoms. The highest BCUT2D eigenvalue weighted by Crippen LogP contribution is 2.58. The lowest BCUT2D eigenvalue weighted by atomic mass is 9.51. The Balaban J connectivity index is 2.61. The number of unbranched alkanes of at least 4 members (excludes halogenated alkanes) is 3. The summed E-state index contributed by atoms with van der Waals surface area (Å²) >= 11 is 0. The predicted octanol–water partition coefficient (Wildman–Crippen LogP) is 5.07. The van der Waals surface area contributed by atoms with Crippen molar-refractivity contribution in [3.63, 3.8) is 0 Å². The van der Waals surface area contributed by atoms with Crippen molar-refractivity contribution in [3.05, 3.63) is 0 Å². The molecule has 1 nitrogen and oxygen atoms in total. The van der Waals surface area contributed by atoms with Crippen LogP contribution in [0, 0.1) is 5.41 Å². The molecular formula is C16H32O. The second kappa shape index (κ2) is 6.78. The number of hydrogen-bond donors (Lipinski definition) is 1. The first-order valence-corrected chi connectivity index (χ1v) is 7.86. The van der Waals surface area contributed by atoms with Gasteiger partial charge in [-0.2, -0.15) is 0 Å². The zero-order chi connectivity index (χ0) is 12.8. The molecule has 0 radical (unpaired) electrons. The SMILES string of the molecule is CCCCC1(O)CCC1(CCCC)CCCC. The van der Waals surface area contributed by atoms with Gasteiger partial charge in [-0.05, 0) is 37.5 Å². The van der Waals surface area contributed by atoms with E-state index in [-0.39, 0.29) is 11.0 Å². The molecule has 0 saturated heterocycles. The molecule has 0 aromatic rings. The molecule has 1 heteroatoms. The van der Waals surface area contributed by atoms with Gasteiger partial charge in [-0.15, -0.1) is 0 Å². The standard InChI is InChI=1S/C16H32O/c1-4-7-10-15(11-8-5-2)13-14-16(15,17)12-9-6-3/h17H,4-14H2,1-3H3. The maximum absolute atomic E-state index is 10.9. The lowest BCUT2D eigenvalue weighted by Crippen LogP contribution is -2.57. The van der Waals surface area contributed by atoms with Crippen molar-refractivity contribution in [1.82, 2.24) is 0 Å². The third-order valence-electron chi connectivity index (χ3n) is 4.97. The molecular weight excluding hydrogens is 208 g/mol. The number of rotatable bonds is 9. The van der Waals surface area contributed by atoms with E-state index in [1.807, 2.05) is 0 Å². The van der Waals surface area contributed by atoms with Gasteiger partial charge in [0.05, 0.1) is 5.60 Å². The van der Waals surface area contributed by atoms with Crippen molar-refractivity contribution in [1.29, 1.82) is 0 Å². The van der Waals surface area contributed by atoms with Crippen LogP contribution in [0.15, 0.2) is 0 Å². The average molecular weight is 240 g/mol. The van der Waals surface area contributed by atoms with Crippen LogP contribution in [0.5, 0.6) is 0 Å². The lowest BCUT2D eigenvalue weighted by molar-refractivity contribution is -0.182. The van der Waals surface area contributed by atoms with Gasteiger partial charge in [-0.25, -0.2) is 0 Å². The Hall–Kier alpha value is -0.0400. The van der Waals surface area contributed by atoms with E-state index < -0.39 is 0 Å². The predicted molar refractivity (Wildman–Crippen MR) is 75.2 cm³/mol. The van der Waals surface area contributed by atoms with Crippen LogP contribution in [-0.4, -0.2) is 10.7 Å². The van der Waals surface area contributed by atoms with Crippen molar-refractivity contribution in [2.75, 3.05) is 0 Å². The summed E-state index contributed by atoms with van der Waals surface area (Å²) < 4.78 is 0. The maximum Gasteiger partial charge on any atom is 0.0704 e. The molecule has 0 bridgehead atoms. The second-order valence-corrected chi connectivity index (χ2v) is 6.12. The molecule has 1 N–H and O–H groups in total. The first-order chi connectivity index (χ1) is 8.14. The highest BCUT2D eigenvalue weighted by Gasteiger charge is 2.55. The van der Waals surface area contributed by atoms with Crippen LogP contribution in [-0.2, 0) is 0 Å². The fraction of sp³-hybridized carbons (Fsp3) is 1.00. The normalized spacial score (nSPS) is 26.8. The average Bonchev–Trinajstić information content (AvgIpc) is 2.35. The molecule has 1 fully saturated rings. The van der Waals surface area contributed by atoms with Gasteiger partial charge in [0.25, 0.3) is 0 Å². The van der Waals surface area contributed by atoms with Crippen LogP contribution in [0.4, 0.5) is 0 Å². The fourth-order valence-corrected chi connectivity index (χ4v) is 3.50. The molecule has 1 saturated carbocycles. The summed E-state index contributed by atoms with van der Waals surface area (Å²) in [5.41, 5.74) is -0.0262. The largest absolute Gasteiger partial charge is 0.389 e. The van der Waals surface area contributed by atoms with Crippen molar-refractivity contribution in [3.8, 4) is 0 Å². The Morgan fingerprint density at radius 2 is 1.24 bits per heavy atom. The summed E-state index contributed by atoms with van der Waals surface area (Å²) in [5.74, 6) is 0. The molecule has 0 aromatic heterocycles. The van der Waals surface area contributed by atoms with E-state index in [0.717, 1.165) is 12.8 Å². The topological polar surface area (TPSA) is 20.2 Å². The Morgan fingerprint density at radius 1 is 0.765 bits per heavy atom. The Morgan fingerprint density at radius 3 is 1.59 bits per heavy atom. The van der Waals surface area contributed by atoms with Crippen molar-refractivity contribution < 1.29 is 5.11 Å². The van der Waals surface area contributed by atoms with E-state index in [1.54, 1.807) is 0 Å². The summed E-state index contributed by atoms with van der Waals surface area (Å²) in [6, 6.07) is 0. The van der Waals surface area contributed by atoms with Gasteiger partial charge >= 0.3 is 0 Å². The van der Waals surface area contributed by atoms with E-state index in [4.69, 9.17) is 0 Å². The monoisotopic (exact) mass is 240 g/mol. The lowest BCUT2D eigenvalue weighted by Gasteiger charge is -2.57. The summed E-state index contributed by atoms with van der Waals surface area (Å²) in [4.78, 5) is 0. The summed E-state index contributed by atoms with van der Waals surface area (Å²) in [6.45, 7) is 6.75. The van der Waals surface area contributed by atoms with Crippen molar-refractivity contribution in [2.45, 2.75) is 97.0 Å². The summed E-state index contributed by atoms with van der Waals surface area (Å²) in [5, 5.41) is 10.9. The molecule has 0 heterocycles. The van der Waals surface area contributed by atoms with Crippen LogP contribution in [0.3, 0.4) is 0 Å². The summed E-state index contributed by atoms with van der Waals surface area (Å²) in [6.07, 6.45) is 13.4. The quantitative estimate of drug-likeness (QED) is 0.596. The zero-order valence-corrected chi connectivity index (χ0v) is 12.2. The smallest absolute Gasteiger partial charge is 0.0704 e. The first kappa shape index (κ1) is 15.0. The molecule has 0 amide bonds. The molecule has 102 valence electrons. The molecule has 0 aromatic carbocycles. The third kappa shape index (κ3) is 3.24. The molecule has 1 rings (SSSR count). The van der Waals surface area contributed by atoms with Crippen molar-refractivity contribution in [2.24, 2.45) is 5.41 Å². The van der Waals surface area contributed by atoms with E-state index in [0.29, 0.717) is 0 Å². The van der Waals surface area contributed by atoms with Gasteiger partial charge in [0, 0.05) is 0 Å². The number of aliphatic hydroxyl groups is 1. The molecule has 1 aliphatic carbocycles. The minimum Gasteiger partial charge on any atom is -0.389 e. The molecule has 1 atom stereocenters. The fourth-order valence-electron chi connectivity index (χ4n) is 3.50. The Bertz CT molecular complexity index is 204. The molecule has 0 spiro atoms. The van der Waals surface area contributed by atoms with E-state index in [2.05, 4.69) is 20.8 Å². The highest BCUT2D eigenvalue weighted by atomic mass is 16.3. The maximum atomic E-state index is 10.9. The van der Waals surface area contributed by atoms with Crippen molar-refractivity contribution >= 4 is 0 Å². The summed E-state index contributed by atoms with van der Waals surface area (Å²) in [7, 11) is 0. The van der Waals surface area contributed by atoms with Gasteiger partial charge in [-0.3, -0.25) is 0 Å². The van der Waals surface area contributed by atoms with Gasteiger partial charge in [-0.1, -0.05) is 59.3 Å². The Labute approximate surface area is 108 Å². The van der Waals surface area contributed by atoms with Gasteiger partial charge in [0.1, 0.15) is 0 Å². The van der Waals surface area contributed by atoms with Gasteiger partial charge in [0.15, 0.2) is 0 Å². The third-order valence-corrected chi connectivity index (χ3v) is 4.97. The van der Waals surface area contributed by atoms with E-state index >= 15 is 0 Å². The van der Waals surface area contributed by atoms with Gasteiger partial charge in [0.2, 0.25) is 0 Å². The molecule has 0 aliphatic heterocycles. The van der Waals surface area contributed by atoms with E-state index in [9.17, 15) is 5.11 Å². The second-order valence-electron chi connectivity index (χ2n) is 6.12. The van der Waals surface area contributed by atoms with Crippen LogP contribution >= 0.6 is 0 Å². The molecule has 1 aliphatic rings. The van der Waals surface area contributed by atoms with Crippen LogP contribution in [0.2, 0.25) is 0 Å². The van der Waals surface area contributed by atoms with Crippen LogP contribution < -0.4 is 0 Å². The van der Waals surface area contributed by atoms with Gasteiger partial charge < -0.3 is 5.11 Å². The number of hydrogen-bond acceptors (Lipinski definition) is 1. The van der Waals surface area contributed by atoms with Crippen LogP contribution in [0.25, 0.3) is 0 Å².